The van der Waals surface area contributed by atoms with Gasteiger partial charge in [-0.1, -0.05) is 11.6 Å². The Labute approximate surface area is 131 Å². The molecule has 1 amide bonds. The smallest absolute Gasteiger partial charge is 0.259 e. The molecule has 0 bridgehead atoms. The average Bonchev–Trinajstić information content (AvgIpc) is 2.89. The zero-order valence-corrected chi connectivity index (χ0v) is 13.1. The molecule has 110 valence electrons. The molecule has 0 fully saturated rings. The first-order valence-corrected chi connectivity index (χ1v) is 8.00. The first kappa shape index (κ1) is 14.3. The highest BCUT2D eigenvalue weighted by Gasteiger charge is 2.17. The van der Waals surface area contributed by atoms with Crippen molar-refractivity contribution in [1.82, 2.24) is 9.97 Å². The van der Waals surface area contributed by atoms with Crippen LogP contribution in [-0.4, -0.2) is 22.9 Å². The average molecular weight is 323 g/mol. The lowest BCUT2D eigenvalue weighted by atomic mass is 10.0. The quantitative estimate of drug-likeness (QED) is 0.909. The molecule has 0 radical (unpaired) electrons. The largest absolute Gasteiger partial charge is 0.372 e. The van der Waals surface area contributed by atoms with E-state index in [1.54, 1.807) is 24.5 Å². The van der Waals surface area contributed by atoms with Gasteiger partial charge in [-0.15, -0.1) is 11.3 Å². The van der Waals surface area contributed by atoms with Crippen molar-refractivity contribution in [2.75, 3.05) is 17.7 Å². The van der Waals surface area contributed by atoms with Crippen molar-refractivity contribution < 1.29 is 4.79 Å². The van der Waals surface area contributed by atoms with E-state index in [1.165, 1.54) is 23.9 Å². The molecule has 2 aromatic heterocycles. The zero-order valence-electron chi connectivity index (χ0n) is 11.6. The third kappa shape index (κ3) is 3.01. The Bertz CT molecular complexity index is 662. The van der Waals surface area contributed by atoms with Crippen LogP contribution in [-0.2, 0) is 12.8 Å². The second-order valence-electron chi connectivity index (χ2n) is 4.85. The maximum absolute atomic E-state index is 12.2. The standard InChI is InChI=1S/C14H15ClN4OS/c1-16-12-9(15)6-8(7-17-12)13(20)19-14-18-10-4-2-3-5-11(10)21-14/h6-7H,2-5H2,1H3,(H,16,17)(H,18,19,20). The van der Waals surface area contributed by atoms with Crippen LogP contribution in [0.4, 0.5) is 10.9 Å². The molecule has 0 atom stereocenters. The fraction of sp³-hybridized carbons (Fsp3) is 0.357. The van der Waals surface area contributed by atoms with Gasteiger partial charge in [0.2, 0.25) is 0 Å². The van der Waals surface area contributed by atoms with E-state index in [0.717, 1.165) is 18.5 Å². The summed E-state index contributed by atoms with van der Waals surface area (Å²) in [5.74, 6) is 0.316. The zero-order chi connectivity index (χ0) is 14.8. The van der Waals surface area contributed by atoms with E-state index in [4.69, 9.17) is 11.6 Å². The van der Waals surface area contributed by atoms with Gasteiger partial charge in [0.05, 0.1) is 16.3 Å². The number of amides is 1. The summed E-state index contributed by atoms with van der Waals surface area (Å²) in [5.41, 5.74) is 1.55. The lowest BCUT2D eigenvalue weighted by molar-refractivity contribution is 0.102. The van der Waals surface area contributed by atoms with Gasteiger partial charge < -0.3 is 5.32 Å². The molecule has 0 spiro atoms. The number of aryl methyl sites for hydroxylation is 2. The van der Waals surface area contributed by atoms with Gasteiger partial charge in [0.15, 0.2) is 5.13 Å². The third-order valence-electron chi connectivity index (χ3n) is 3.41. The third-order valence-corrected chi connectivity index (χ3v) is 4.77. The van der Waals surface area contributed by atoms with Crippen LogP contribution in [0.5, 0.6) is 0 Å². The van der Waals surface area contributed by atoms with E-state index in [0.29, 0.717) is 21.5 Å². The molecule has 3 rings (SSSR count). The van der Waals surface area contributed by atoms with Crippen molar-refractivity contribution >= 4 is 39.8 Å². The van der Waals surface area contributed by atoms with Crippen molar-refractivity contribution in [2.24, 2.45) is 0 Å². The van der Waals surface area contributed by atoms with Crippen LogP contribution in [0, 0.1) is 0 Å². The maximum atomic E-state index is 12.2. The fourth-order valence-corrected chi connectivity index (χ4v) is 3.63. The number of anilines is 2. The number of hydrogen-bond acceptors (Lipinski definition) is 5. The number of fused-ring (bicyclic) bond motifs is 1. The Morgan fingerprint density at radius 3 is 2.90 bits per heavy atom. The normalized spacial score (nSPS) is 13.6. The van der Waals surface area contributed by atoms with Gasteiger partial charge in [0, 0.05) is 18.1 Å². The molecule has 0 unspecified atom stereocenters. The van der Waals surface area contributed by atoms with Gasteiger partial charge in [-0.2, -0.15) is 0 Å². The van der Waals surface area contributed by atoms with Gasteiger partial charge >= 0.3 is 0 Å². The Kier molecular flexibility index (Phi) is 4.07. The van der Waals surface area contributed by atoms with E-state index >= 15 is 0 Å². The van der Waals surface area contributed by atoms with Crippen LogP contribution in [0.2, 0.25) is 5.02 Å². The molecular formula is C14H15ClN4OS. The lowest BCUT2D eigenvalue weighted by Crippen LogP contribution is -2.12. The molecule has 0 aromatic carbocycles. The van der Waals surface area contributed by atoms with Crippen molar-refractivity contribution in [3.63, 3.8) is 0 Å². The fourth-order valence-electron chi connectivity index (χ4n) is 2.32. The summed E-state index contributed by atoms with van der Waals surface area (Å²) in [6.07, 6.45) is 5.95. The van der Waals surface area contributed by atoms with Gasteiger partial charge in [-0.05, 0) is 31.7 Å². The number of rotatable bonds is 3. The Hall–Kier alpha value is -1.66. The minimum Gasteiger partial charge on any atom is -0.372 e. The molecule has 2 aromatic rings. The number of halogens is 1. The summed E-state index contributed by atoms with van der Waals surface area (Å²) in [4.78, 5) is 22.1. The number of carbonyl (C=O) groups is 1. The topological polar surface area (TPSA) is 66.9 Å². The maximum Gasteiger partial charge on any atom is 0.259 e. The number of thiazole rings is 1. The number of aromatic nitrogens is 2. The molecule has 2 N–H and O–H groups in total. The summed E-state index contributed by atoms with van der Waals surface area (Å²) < 4.78 is 0. The van der Waals surface area contributed by atoms with Crippen molar-refractivity contribution in [1.29, 1.82) is 0 Å². The minimum atomic E-state index is -0.238. The number of hydrogen-bond donors (Lipinski definition) is 2. The molecule has 1 aliphatic rings. The molecule has 5 nitrogen and oxygen atoms in total. The Morgan fingerprint density at radius 2 is 2.19 bits per heavy atom. The summed E-state index contributed by atoms with van der Waals surface area (Å²) in [7, 11) is 1.73. The second kappa shape index (κ2) is 5.99. The molecular weight excluding hydrogens is 308 g/mol. The lowest BCUT2D eigenvalue weighted by Gasteiger charge is -2.06. The highest BCUT2D eigenvalue weighted by molar-refractivity contribution is 7.15. The van der Waals surface area contributed by atoms with E-state index < -0.39 is 0 Å². The monoisotopic (exact) mass is 322 g/mol. The summed E-state index contributed by atoms with van der Waals surface area (Å²) in [5, 5.41) is 6.76. The number of pyridine rings is 1. The highest BCUT2D eigenvalue weighted by Crippen LogP contribution is 2.30. The number of nitrogens with one attached hydrogen (secondary N) is 2. The van der Waals surface area contributed by atoms with Gasteiger partial charge in [0.25, 0.3) is 5.91 Å². The van der Waals surface area contributed by atoms with E-state index in [-0.39, 0.29) is 5.91 Å². The summed E-state index contributed by atoms with van der Waals surface area (Å²) in [6, 6.07) is 1.60. The SMILES string of the molecule is CNc1ncc(C(=O)Nc2nc3c(s2)CCCC3)cc1Cl. The van der Waals surface area contributed by atoms with Crippen LogP contribution in [0.25, 0.3) is 0 Å². The van der Waals surface area contributed by atoms with Crippen molar-refractivity contribution in [3.05, 3.63) is 33.4 Å². The Balaban J connectivity index is 1.76. The molecule has 0 aliphatic heterocycles. The molecule has 1 aliphatic carbocycles. The van der Waals surface area contributed by atoms with Crippen LogP contribution >= 0.6 is 22.9 Å². The first-order chi connectivity index (χ1) is 10.2. The summed E-state index contributed by atoms with van der Waals surface area (Å²) >= 11 is 7.60. The van der Waals surface area contributed by atoms with Crippen molar-refractivity contribution in [3.8, 4) is 0 Å². The summed E-state index contributed by atoms with van der Waals surface area (Å²) in [6.45, 7) is 0. The number of carbonyl (C=O) groups excluding carboxylic acids is 1. The van der Waals surface area contributed by atoms with Crippen LogP contribution in [0.1, 0.15) is 33.8 Å². The van der Waals surface area contributed by atoms with Crippen LogP contribution < -0.4 is 10.6 Å². The van der Waals surface area contributed by atoms with E-state index in [2.05, 4.69) is 20.6 Å². The molecule has 7 heteroatoms. The van der Waals surface area contributed by atoms with Gasteiger partial charge in [-0.25, -0.2) is 9.97 Å². The second-order valence-corrected chi connectivity index (χ2v) is 6.35. The predicted octanol–water partition coefficient (Wildman–Crippen LogP) is 3.36. The highest BCUT2D eigenvalue weighted by atomic mass is 35.5. The molecule has 2 heterocycles. The molecule has 0 saturated heterocycles. The minimum absolute atomic E-state index is 0.238. The van der Waals surface area contributed by atoms with Crippen LogP contribution in [0.15, 0.2) is 12.3 Å². The van der Waals surface area contributed by atoms with Crippen LogP contribution in [0.3, 0.4) is 0 Å². The van der Waals surface area contributed by atoms with Crippen molar-refractivity contribution in [2.45, 2.75) is 25.7 Å². The molecule has 21 heavy (non-hydrogen) atoms. The number of nitrogens with zero attached hydrogens (tertiary/aromatic N) is 2. The van der Waals surface area contributed by atoms with Gasteiger partial charge in [0.1, 0.15) is 5.82 Å². The molecule has 0 saturated carbocycles. The van der Waals surface area contributed by atoms with E-state index in [9.17, 15) is 4.79 Å². The Morgan fingerprint density at radius 1 is 1.38 bits per heavy atom. The van der Waals surface area contributed by atoms with E-state index in [1.807, 2.05) is 0 Å². The first-order valence-electron chi connectivity index (χ1n) is 6.80. The predicted molar refractivity (Wildman–Crippen MR) is 85.5 cm³/mol. The van der Waals surface area contributed by atoms with Gasteiger partial charge in [-0.3, -0.25) is 10.1 Å².